The standard InChI is InChI=1S/C25H35N5O5/c1-17(2)25(34)30-12-6-14-35-20-8-4-7-19(15-20)23-26-10-13-29(23)11-5-9-27-24(33)22(18(3)31)28-21(32)16-30/h4,7-8,10,13,15,17-18,22,31H,5-6,9,11-12,14,16H2,1-3H3,(H,27,33)(H,28,32)/t18-,22+/m1/s1. The predicted octanol–water partition coefficient (Wildman–Crippen LogP) is 1.19. The number of carbonyl (C=O) groups excluding carboxylic acids is 3. The highest BCUT2D eigenvalue weighted by atomic mass is 16.5. The van der Waals surface area contributed by atoms with Gasteiger partial charge in [0.25, 0.3) is 0 Å². The number of fused-ring (bicyclic) bond motifs is 4. The van der Waals surface area contributed by atoms with Crippen LogP contribution in [-0.2, 0) is 20.9 Å². The van der Waals surface area contributed by atoms with Gasteiger partial charge in [0.1, 0.15) is 17.6 Å². The zero-order chi connectivity index (χ0) is 25.4. The number of aliphatic hydroxyl groups excluding tert-OH is 1. The van der Waals surface area contributed by atoms with E-state index in [4.69, 9.17) is 4.74 Å². The summed E-state index contributed by atoms with van der Waals surface area (Å²) in [5.74, 6) is 0.0538. The second-order valence-electron chi connectivity index (χ2n) is 9.02. The van der Waals surface area contributed by atoms with Crippen LogP contribution in [0.5, 0.6) is 5.75 Å². The maximum atomic E-state index is 12.7. The van der Waals surface area contributed by atoms with E-state index in [-0.39, 0.29) is 18.4 Å². The van der Waals surface area contributed by atoms with Crippen molar-refractivity contribution in [2.75, 3.05) is 26.2 Å². The summed E-state index contributed by atoms with van der Waals surface area (Å²) < 4.78 is 7.92. The van der Waals surface area contributed by atoms with Crippen LogP contribution in [0, 0.1) is 5.92 Å². The van der Waals surface area contributed by atoms with Gasteiger partial charge in [-0.1, -0.05) is 26.0 Å². The molecular weight excluding hydrogens is 450 g/mol. The Labute approximate surface area is 205 Å². The first-order valence-electron chi connectivity index (χ1n) is 12.0. The fourth-order valence-electron chi connectivity index (χ4n) is 3.92. The van der Waals surface area contributed by atoms with Crippen LogP contribution in [0.3, 0.4) is 0 Å². The molecule has 3 amide bonds. The number of aromatic nitrogens is 2. The first kappa shape index (κ1) is 26.2. The third-order valence-electron chi connectivity index (χ3n) is 5.75. The predicted molar refractivity (Wildman–Crippen MR) is 130 cm³/mol. The molecule has 0 saturated carbocycles. The van der Waals surface area contributed by atoms with Gasteiger partial charge in [0.15, 0.2) is 0 Å². The number of aliphatic hydroxyl groups is 1. The van der Waals surface area contributed by atoms with Gasteiger partial charge in [-0.2, -0.15) is 0 Å². The molecule has 1 aromatic heterocycles. The third-order valence-corrected chi connectivity index (χ3v) is 5.75. The molecule has 2 heterocycles. The molecule has 0 unspecified atom stereocenters. The number of carbonyl (C=O) groups is 3. The number of ether oxygens (including phenoxy) is 1. The van der Waals surface area contributed by atoms with Crippen LogP contribution in [0.1, 0.15) is 33.6 Å². The van der Waals surface area contributed by atoms with E-state index in [9.17, 15) is 19.5 Å². The number of hydrogen-bond acceptors (Lipinski definition) is 6. The van der Waals surface area contributed by atoms with Crippen LogP contribution in [-0.4, -0.2) is 75.7 Å². The molecule has 2 atom stereocenters. The van der Waals surface area contributed by atoms with Crippen LogP contribution < -0.4 is 15.4 Å². The van der Waals surface area contributed by atoms with Gasteiger partial charge in [0.05, 0.1) is 19.3 Å². The van der Waals surface area contributed by atoms with Gasteiger partial charge in [0, 0.05) is 43.5 Å². The van der Waals surface area contributed by atoms with Crippen molar-refractivity contribution < 1.29 is 24.2 Å². The number of nitrogens with one attached hydrogen (secondary N) is 2. The van der Waals surface area contributed by atoms with E-state index in [1.54, 1.807) is 20.0 Å². The van der Waals surface area contributed by atoms with Gasteiger partial charge in [-0.25, -0.2) is 4.98 Å². The first-order chi connectivity index (χ1) is 16.8. The number of imidazole rings is 1. The molecule has 35 heavy (non-hydrogen) atoms. The molecular formula is C25H35N5O5. The highest BCUT2D eigenvalue weighted by molar-refractivity contribution is 5.90. The number of benzene rings is 1. The fraction of sp³-hybridized carbons (Fsp3) is 0.520. The summed E-state index contributed by atoms with van der Waals surface area (Å²) in [6.45, 7) is 6.44. The summed E-state index contributed by atoms with van der Waals surface area (Å²) in [5, 5.41) is 15.5. The van der Waals surface area contributed by atoms with Crippen LogP contribution in [0.15, 0.2) is 36.7 Å². The zero-order valence-corrected chi connectivity index (χ0v) is 20.6. The highest BCUT2D eigenvalue weighted by Gasteiger charge is 2.27. The molecule has 1 aromatic carbocycles. The van der Waals surface area contributed by atoms with Crippen LogP contribution in [0.25, 0.3) is 11.4 Å². The van der Waals surface area contributed by atoms with Crippen molar-refractivity contribution in [3.8, 4) is 17.1 Å². The minimum absolute atomic E-state index is 0.169. The summed E-state index contributed by atoms with van der Waals surface area (Å²) in [4.78, 5) is 44.0. The lowest BCUT2D eigenvalue weighted by Crippen LogP contribution is -2.55. The Balaban J connectivity index is 1.82. The van der Waals surface area contributed by atoms with E-state index in [0.717, 1.165) is 11.4 Å². The highest BCUT2D eigenvalue weighted by Crippen LogP contribution is 2.23. The quantitative estimate of drug-likeness (QED) is 0.587. The molecule has 3 rings (SSSR count). The topological polar surface area (TPSA) is 126 Å². The number of nitrogens with zero attached hydrogens (tertiary/aromatic N) is 3. The SMILES string of the molecule is CC(C)C(=O)N1CCCOc2cccc(c2)-c2nccn2CCCNC(=O)[C@H]([C@@H](C)O)NC(=O)C1. The summed E-state index contributed by atoms with van der Waals surface area (Å²) >= 11 is 0. The fourth-order valence-corrected chi connectivity index (χ4v) is 3.92. The molecule has 10 nitrogen and oxygen atoms in total. The zero-order valence-electron chi connectivity index (χ0n) is 20.6. The molecule has 190 valence electrons. The van der Waals surface area contributed by atoms with Crippen molar-refractivity contribution in [3.05, 3.63) is 36.7 Å². The lowest BCUT2D eigenvalue weighted by atomic mass is 10.1. The van der Waals surface area contributed by atoms with Crippen molar-refractivity contribution >= 4 is 17.7 Å². The molecule has 0 fully saturated rings. The van der Waals surface area contributed by atoms with E-state index in [0.29, 0.717) is 44.8 Å². The average molecular weight is 486 g/mol. The first-order valence-corrected chi connectivity index (χ1v) is 12.0. The molecule has 2 bridgehead atoms. The van der Waals surface area contributed by atoms with E-state index >= 15 is 0 Å². The van der Waals surface area contributed by atoms with Crippen molar-refractivity contribution in [3.63, 3.8) is 0 Å². The normalized spacial score (nSPS) is 19.3. The largest absolute Gasteiger partial charge is 0.494 e. The minimum Gasteiger partial charge on any atom is -0.494 e. The number of rotatable bonds is 2. The number of hydrogen-bond donors (Lipinski definition) is 3. The van der Waals surface area contributed by atoms with E-state index in [1.165, 1.54) is 11.8 Å². The van der Waals surface area contributed by atoms with Gasteiger partial charge >= 0.3 is 0 Å². The second kappa shape index (κ2) is 12.3. The molecule has 2 aromatic rings. The Hall–Kier alpha value is -3.40. The lowest BCUT2D eigenvalue weighted by Gasteiger charge is -2.26. The molecule has 0 aliphatic carbocycles. The van der Waals surface area contributed by atoms with Crippen molar-refractivity contribution in [2.45, 2.75) is 52.3 Å². The Bertz CT molecular complexity index is 1020. The summed E-state index contributed by atoms with van der Waals surface area (Å²) in [5.41, 5.74) is 0.912. The number of amides is 3. The molecule has 0 spiro atoms. The van der Waals surface area contributed by atoms with Gasteiger partial charge in [-0.3, -0.25) is 14.4 Å². The van der Waals surface area contributed by atoms with Gasteiger partial charge in [-0.05, 0) is 31.9 Å². The Morgan fingerprint density at radius 2 is 2.00 bits per heavy atom. The van der Waals surface area contributed by atoms with Crippen LogP contribution >= 0.6 is 0 Å². The van der Waals surface area contributed by atoms with E-state index in [1.807, 2.05) is 35.0 Å². The molecule has 0 radical (unpaired) electrons. The molecule has 0 saturated heterocycles. The van der Waals surface area contributed by atoms with Crippen LogP contribution in [0.4, 0.5) is 0 Å². The summed E-state index contributed by atoms with van der Waals surface area (Å²) in [6.07, 6.45) is 3.66. The van der Waals surface area contributed by atoms with Gasteiger partial charge < -0.3 is 29.9 Å². The lowest BCUT2D eigenvalue weighted by molar-refractivity contribution is -0.139. The smallest absolute Gasteiger partial charge is 0.245 e. The number of aryl methyl sites for hydroxylation is 1. The minimum atomic E-state index is -1.12. The van der Waals surface area contributed by atoms with Gasteiger partial charge in [-0.15, -0.1) is 0 Å². The molecule has 1 aliphatic heterocycles. The molecule has 3 N–H and O–H groups in total. The van der Waals surface area contributed by atoms with Gasteiger partial charge in [0.2, 0.25) is 17.7 Å². The second-order valence-corrected chi connectivity index (χ2v) is 9.02. The average Bonchev–Trinajstić information content (AvgIpc) is 3.29. The maximum absolute atomic E-state index is 12.7. The Kier molecular flexibility index (Phi) is 9.25. The van der Waals surface area contributed by atoms with Crippen LogP contribution in [0.2, 0.25) is 0 Å². The van der Waals surface area contributed by atoms with Crippen molar-refractivity contribution in [2.24, 2.45) is 5.92 Å². The summed E-state index contributed by atoms with van der Waals surface area (Å²) in [7, 11) is 0. The Morgan fingerprint density at radius 3 is 2.74 bits per heavy atom. The van der Waals surface area contributed by atoms with Crippen molar-refractivity contribution in [1.29, 1.82) is 0 Å². The summed E-state index contributed by atoms with van der Waals surface area (Å²) in [6, 6.07) is 6.54. The monoisotopic (exact) mass is 485 g/mol. The third kappa shape index (κ3) is 7.29. The van der Waals surface area contributed by atoms with E-state index in [2.05, 4.69) is 15.6 Å². The van der Waals surface area contributed by atoms with Crippen molar-refractivity contribution in [1.82, 2.24) is 25.1 Å². The molecule has 10 heteroatoms. The Morgan fingerprint density at radius 1 is 1.20 bits per heavy atom. The molecule has 1 aliphatic rings. The maximum Gasteiger partial charge on any atom is 0.245 e. The van der Waals surface area contributed by atoms with E-state index < -0.39 is 24.0 Å².